The minimum absolute atomic E-state index is 0.127. The summed E-state index contributed by atoms with van der Waals surface area (Å²) in [6.45, 7) is 1.99. The second kappa shape index (κ2) is 5.89. The molecule has 4 heteroatoms. The Bertz CT molecular complexity index is 667. The number of aryl methyl sites for hydroxylation is 1. The number of nitrogen functional groups attached to an aromatic ring is 1. The smallest absolute Gasteiger partial charge is 0.338 e. The van der Waals surface area contributed by atoms with Crippen molar-refractivity contribution in [2.75, 3.05) is 5.73 Å². The predicted octanol–water partition coefficient (Wildman–Crippen LogP) is 2.81. The van der Waals surface area contributed by atoms with Crippen LogP contribution in [0.15, 0.2) is 42.5 Å². The molecule has 0 spiro atoms. The van der Waals surface area contributed by atoms with Gasteiger partial charge in [0, 0.05) is 5.69 Å². The van der Waals surface area contributed by atoms with Crippen LogP contribution in [0.4, 0.5) is 5.69 Å². The Hall–Kier alpha value is -2.80. The van der Waals surface area contributed by atoms with Crippen LogP contribution in [-0.2, 0) is 11.3 Å². The van der Waals surface area contributed by atoms with Gasteiger partial charge in [-0.05, 0) is 48.4 Å². The Balaban J connectivity index is 2.06. The van der Waals surface area contributed by atoms with Gasteiger partial charge in [-0.1, -0.05) is 12.1 Å². The molecule has 0 fully saturated rings. The third-order valence-electron chi connectivity index (χ3n) is 2.76. The zero-order valence-corrected chi connectivity index (χ0v) is 11.1. The van der Waals surface area contributed by atoms with Crippen LogP contribution in [0.5, 0.6) is 0 Å². The van der Waals surface area contributed by atoms with Crippen molar-refractivity contribution in [3.8, 4) is 6.07 Å². The van der Waals surface area contributed by atoms with Crippen LogP contribution >= 0.6 is 0 Å². The van der Waals surface area contributed by atoms with E-state index in [-0.39, 0.29) is 6.61 Å². The first-order chi connectivity index (χ1) is 9.58. The van der Waals surface area contributed by atoms with Gasteiger partial charge in [0.25, 0.3) is 0 Å². The summed E-state index contributed by atoms with van der Waals surface area (Å²) < 4.78 is 5.22. The summed E-state index contributed by atoms with van der Waals surface area (Å²) in [6, 6.07) is 14.1. The summed E-state index contributed by atoms with van der Waals surface area (Å²) in [6.07, 6.45) is 0. The van der Waals surface area contributed by atoms with E-state index in [2.05, 4.69) is 0 Å². The lowest BCUT2D eigenvalue weighted by molar-refractivity contribution is 0.0472. The Kier molecular flexibility index (Phi) is 4.02. The average molecular weight is 266 g/mol. The molecule has 100 valence electrons. The molecule has 0 atom stereocenters. The van der Waals surface area contributed by atoms with Gasteiger partial charge in [-0.25, -0.2) is 4.79 Å². The van der Waals surface area contributed by atoms with E-state index in [0.717, 1.165) is 11.1 Å². The molecule has 2 rings (SSSR count). The molecule has 0 aliphatic carbocycles. The van der Waals surface area contributed by atoms with Crippen molar-refractivity contribution in [1.29, 1.82) is 5.26 Å². The van der Waals surface area contributed by atoms with Crippen LogP contribution in [-0.4, -0.2) is 5.97 Å². The summed E-state index contributed by atoms with van der Waals surface area (Å²) in [7, 11) is 0. The van der Waals surface area contributed by atoms with Crippen molar-refractivity contribution in [3.63, 3.8) is 0 Å². The summed E-state index contributed by atoms with van der Waals surface area (Å²) >= 11 is 0. The number of nitrogens with zero attached hydrogens (tertiary/aromatic N) is 1. The molecule has 2 aromatic carbocycles. The summed E-state index contributed by atoms with van der Waals surface area (Å²) in [5, 5.41) is 8.81. The monoisotopic (exact) mass is 266 g/mol. The molecule has 2 aromatic rings. The van der Waals surface area contributed by atoms with Crippen molar-refractivity contribution in [3.05, 3.63) is 64.7 Å². The van der Waals surface area contributed by atoms with E-state index >= 15 is 0 Å². The Morgan fingerprint density at radius 2 is 2.10 bits per heavy atom. The lowest BCUT2D eigenvalue weighted by Gasteiger charge is -2.07. The lowest BCUT2D eigenvalue weighted by Crippen LogP contribution is -2.06. The maximum atomic E-state index is 11.9. The van der Waals surface area contributed by atoms with Gasteiger partial charge in [-0.15, -0.1) is 0 Å². The highest BCUT2D eigenvalue weighted by Crippen LogP contribution is 2.13. The number of carbonyl (C=O) groups is 1. The molecular formula is C16H14N2O2. The first kappa shape index (κ1) is 13.6. The maximum Gasteiger partial charge on any atom is 0.338 e. The summed E-state index contributed by atoms with van der Waals surface area (Å²) in [5.41, 5.74) is 8.88. The van der Waals surface area contributed by atoms with Crippen LogP contribution in [0.25, 0.3) is 0 Å². The van der Waals surface area contributed by atoms with Crippen molar-refractivity contribution >= 4 is 11.7 Å². The molecular weight excluding hydrogens is 252 g/mol. The van der Waals surface area contributed by atoms with Gasteiger partial charge in [0.2, 0.25) is 0 Å². The molecule has 4 nitrogen and oxygen atoms in total. The molecule has 0 aromatic heterocycles. The van der Waals surface area contributed by atoms with Gasteiger partial charge in [-0.2, -0.15) is 5.26 Å². The molecule has 0 amide bonds. The van der Waals surface area contributed by atoms with E-state index in [1.165, 1.54) is 0 Å². The third kappa shape index (κ3) is 3.36. The number of rotatable bonds is 3. The van der Waals surface area contributed by atoms with E-state index in [1.54, 1.807) is 42.5 Å². The van der Waals surface area contributed by atoms with Gasteiger partial charge in [0.15, 0.2) is 0 Å². The predicted molar refractivity (Wildman–Crippen MR) is 75.9 cm³/mol. The molecule has 2 N–H and O–H groups in total. The van der Waals surface area contributed by atoms with Crippen LogP contribution in [0, 0.1) is 18.3 Å². The molecule has 0 saturated heterocycles. The number of esters is 1. The van der Waals surface area contributed by atoms with Crippen LogP contribution in [0.3, 0.4) is 0 Å². The third-order valence-corrected chi connectivity index (χ3v) is 2.76. The Morgan fingerprint density at radius 3 is 2.80 bits per heavy atom. The van der Waals surface area contributed by atoms with Crippen LogP contribution in [0.2, 0.25) is 0 Å². The quantitative estimate of drug-likeness (QED) is 0.684. The fourth-order valence-electron chi connectivity index (χ4n) is 1.89. The molecule has 0 heterocycles. The minimum atomic E-state index is -0.428. The van der Waals surface area contributed by atoms with Gasteiger partial charge in [-0.3, -0.25) is 0 Å². The highest BCUT2D eigenvalue weighted by atomic mass is 16.5. The zero-order valence-electron chi connectivity index (χ0n) is 11.1. The van der Waals surface area contributed by atoms with E-state index in [4.69, 9.17) is 15.7 Å². The van der Waals surface area contributed by atoms with Gasteiger partial charge in [0.1, 0.15) is 6.61 Å². The van der Waals surface area contributed by atoms with E-state index in [9.17, 15) is 4.79 Å². The van der Waals surface area contributed by atoms with Gasteiger partial charge in [0.05, 0.1) is 17.2 Å². The van der Waals surface area contributed by atoms with Gasteiger partial charge < -0.3 is 10.5 Å². The topological polar surface area (TPSA) is 76.1 Å². The number of nitriles is 1. The first-order valence-electron chi connectivity index (χ1n) is 6.12. The highest BCUT2D eigenvalue weighted by molar-refractivity contribution is 5.90. The van der Waals surface area contributed by atoms with E-state index in [0.29, 0.717) is 16.8 Å². The normalized spacial score (nSPS) is 9.80. The molecule has 0 radical (unpaired) electrons. The highest BCUT2D eigenvalue weighted by Gasteiger charge is 2.09. The number of ether oxygens (including phenoxy) is 1. The number of anilines is 1. The van der Waals surface area contributed by atoms with Crippen molar-refractivity contribution in [2.24, 2.45) is 0 Å². The SMILES string of the molecule is Cc1cc(N)cc(C(=O)OCc2cccc(C#N)c2)c1. The fourth-order valence-corrected chi connectivity index (χ4v) is 1.89. The number of hydrogen-bond acceptors (Lipinski definition) is 4. The van der Waals surface area contributed by atoms with E-state index < -0.39 is 5.97 Å². The second-order valence-corrected chi connectivity index (χ2v) is 4.52. The standard InChI is InChI=1S/C16H14N2O2/c1-11-5-14(8-15(18)6-11)16(19)20-10-13-4-2-3-12(7-13)9-17/h2-8H,10,18H2,1H3. The van der Waals surface area contributed by atoms with Crippen molar-refractivity contribution in [2.45, 2.75) is 13.5 Å². The summed E-state index contributed by atoms with van der Waals surface area (Å²) in [4.78, 5) is 11.9. The van der Waals surface area contributed by atoms with Crippen LogP contribution < -0.4 is 5.73 Å². The Labute approximate surface area is 117 Å². The lowest BCUT2D eigenvalue weighted by atomic mass is 10.1. The summed E-state index contributed by atoms with van der Waals surface area (Å²) in [5.74, 6) is -0.428. The van der Waals surface area contributed by atoms with E-state index in [1.807, 2.05) is 13.0 Å². The number of benzene rings is 2. The second-order valence-electron chi connectivity index (χ2n) is 4.52. The maximum absolute atomic E-state index is 11.9. The number of nitrogens with two attached hydrogens (primary N) is 1. The molecule has 0 unspecified atom stereocenters. The van der Waals surface area contributed by atoms with Crippen molar-refractivity contribution in [1.82, 2.24) is 0 Å². The van der Waals surface area contributed by atoms with Gasteiger partial charge >= 0.3 is 5.97 Å². The molecule has 20 heavy (non-hydrogen) atoms. The van der Waals surface area contributed by atoms with Crippen molar-refractivity contribution < 1.29 is 9.53 Å². The first-order valence-corrected chi connectivity index (χ1v) is 6.12. The molecule has 0 aliphatic heterocycles. The zero-order chi connectivity index (χ0) is 14.5. The number of carbonyl (C=O) groups excluding carboxylic acids is 1. The largest absolute Gasteiger partial charge is 0.457 e. The molecule has 0 aliphatic rings. The fraction of sp³-hybridized carbons (Fsp3) is 0.125. The number of hydrogen-bond donors (Lipinski definition) is 1. The Morgan fingerprint density at radius 1 is 1.30 bits per heavy atom. The molecule has 0 bridgehead atoms. The minimum Gasteiger partial charge on any atom is -0.457 e. The average Bonchev–Trinajstić information content (AvgIpc) is 2.44. The van der Waals surface area contributed by atoms with Crippen LogP contribution in [0.1, 0.15) is 27.0 Å². The molecule has 0 saturated carbocycles.